The standard InChI is InChI=1S/C14H9ClN2O/c15-13-8-14(17-9-16-13)18-12-6-5-10-3-1-2-4-11(10)7-12/h1-9H. The summed E-state index contributed by atoms with van der Waals surface area (Å²) in [5.74, 6) is 1.16. The second kappa shape index (κ2) is 4.63. The summed E-state index contributed by atoms with van der Waals surface area (Å²) in [5, 5.41) is 2.65. The molecule has 0 amide bonds. The number of rotatable bonds is 2. The Labute approximate surface area is 109 Å². The van der Waals surface area contributed by atoms with E-state index in [4.69, 9.17) is 16.3 Å². The van der Waals surface area contributed by atoms with E-state index in [0.29, 0.717) is 11.0 Å². The maximum atomic E-state index is 5.78. The highest BCUT2D eigenvalue weighted by Gasteiger charge is 2.01. The van der Waals surface area contributed by atoms with Crippen LogP contribution in [-0.2, 0) is 0 Å². The van der Waals surface area contributed by atoms with E-state index in [1.807, 2.05) is 36.4 Å². The number of ether oxygens (including phenoxy) is 1. The smallest absolute Gasteiger partial charge is 0.223 e. The van der Waals surface area contributed by atoms with E-state index in [1.54, 1.807) is 6.07 Å². The molecule has 0 N–H and O–H groups in total. The summed E-state index contributed by atoms with van der Waals surface area (Å²) < 4.78 is 5.63. The lowest BCUT2D eigenvalue weighted by atomic mass is 10.1. The molecule has 0 fully saturated rings. The molecule has 0 bridgehead atoms. The number of fused-ring (bicyclic) bond motifs is 1. The maximum Gasteiger partial charge on any atom is 0.223 e. The molecule has 0 aliphatic rings. The van der Waals surface area contributed by atoms with Crippen molar-refractivity contribution in [3.8, 4) is 11.6 Å². The molecule has 0 spiro atoms. The second-order valence-electron chi connectivity index (χ2n) is 3.79. The van der Waals surface area contributed by atoms with E-state index in [2.05, 4.69) is 16.0 Å². The van der Waals surface area contributed by atoms with Gasteiger partial charge in [0.15, 0.2) is 0 Å². The van der Waals surface area contributed by atoms with Crippen molar-refractivity contribution >= 4 is 22.4 Å². The molecule has 2 aromatic carbocycles. The Balaban J connectivity index is 1.95. The molecule has 0 saturated heterocycles. The number of hydrogen-bond donors (Lipinski definition) is 0. The number of benzene rings is 2. The molecule has 0 aliphatic carbocycles. The fourth-order valence-electron chi connectivity index (χ4n) is 1.72. The van der Waals surface area contributed by atoms with Crippen molar-refractivity contribution in [3.05, 3.63) is 60.0 Å². The van der Waals surface area contributed by atoms with Crippen LogP contribution in [0.1, 0.15) is 0 Å². The van der Waals surface area contributed by atoms with Gasteiger partial charge in [-0.2, -0.15) is 0 Å². The Hall–Kier alpha value is -2.13. The highest BCUT2D eigenvalue weighted by Crippen LogP contribution is 2.25. The second-order valence-corrected chi connectivity index (χ2v) is 4.18. The molecule has 3 rings (SSSR count). The topological polar surface area (TPSA) is 35.0 Å². The first-order chi connectivity index (χ1) is 8.81. The predicted molar refractivity (Wildman–Crippen MR) is 71.1 cm³/mol. The average molecular weight is 257 g/mol. The van der Waals surface area contributed by atoms with Crippen molar-refractivity contribution in [3.63, 3.8) is 0 Å². The molecule has 1 aromatic heterocycles. The molecule has 1 heterocycles. The van der Waals surface area contributed by atoms with Gasteiger partial charge in [0.1, 0.15) is 17.2 Å². The lowest BCUT2D eigenvalue weighted by molar-refractivity contribution is 0.462. The molecule has 0 atom stereocenters. The molecule has 0 aliphatic heterocycles. The van der Waals surface area contributed by atoms with Gasteiger partial charge in [0, 0.05) is 6.07 Å². The van der Waals surface area contributed by atoms with Crippen LogP contribution in [0.15, 0.2) is 54.9 Å². The molecule has 0 radical (unpaired) electrons. The van der Waals surface area contributed by atoms with Gasteiger partial charge >= 0.3 is 0 Å². The SMILES string of the molecule is Clc1cc(Oc2ccc3ccccc3c2)ncn1. The first kappa shape index (κ1) is 11.0. The normalized spacial score (nSPS) is 10.5. The average Bonchev–Trinajstić information content (AvgIpc) is 2.39. The predicted octanol–water partition coefficient (Wildman–Crippen LogP) is 4.08. The molecule has 18 heavy (non-hydrogen) atoms. The van der Waals surface area contributed by atoms with Gasteiger partial charge in [0.25, 0.3) is 0 Å². The Morgan fingerprint density at radius 3 is 2.56 bits per heavy atom. The Morgan fingerprint density at radius 2 is 1.72 bits per heavy atom. The summed E-state index contributed by atoms with van der Waals surface area (Å²) in [6.07, 6.45) is 1.37. The van der Waals surface area contributed by atoms with Crippen LogP contribution in [0.5, 0.6) is 11.6 Å². The van der Waals surface area contributed by atoms with Crippen molar-refractivity contribution in [2.45, 2.75) is 0 Å². The lowest BCUT2D eigenvalue weighted by Crippen LogP contribution is -1.88. The van der Waals surface area contributed by atoms with Crippen molar-refractivity contribution in [1.82, 2.24) is 9.97 Å². The number of nitrogens with zero attached hydrogens (tertiary/aromatic N) is 2. The van der Waals surface area contributed by atoms with Gasteiger partial charge in [-0.3, -0.25) is 0 Å². The minimum absolute atomic E-state index is 0.362. The van der Waals surface area contributed by atoms with Crippen molar-refractivity contribution in [1.29, 1.82) is 0 Å². The summed E-state index contributed by atoms with van der Waals surface area (Å²) in [6.45, 7) is 0. The number of aromatic nitrogens is 2. The Kier molecular flexibility index (Phi) is 2.82. The molecule has 88 valence electrons. The van der Waals surface area contributed by atoms with Gasteiger partial charge in [-0.1, -0.05) is 41.9 Å². The first-order valence-electron chi connectivity index (χ1n) is 5.45. The highest BCUT2D eigenvalue weighted by atomic mass is 35.5. The minimum atomic E-state index is 0.362. The highest BCUT2D eigenvalue weighted by molar-refractivity contribution is 6.29. The third-order valence-corrected chi connectivity index (χ3v) is 2.76. The van der Waals surface area contributed by atoms with Gasteiger partial charge in [-0.05, 0) is 22.9 Å². The third kappa shape index (κ3) is 2.26. The van der Waals surface area contributed by atoms with E-state index in [0.717, 1.165) is 11.1 Å². The lowest BCUT2D eigenvalue weighted by Gasteiger charge is -2.05. The quantitative estimate of drug-likeness (QED) is 0.648. The summed E-state index contributed by atoms with van der Waals surface area (Å²) in [4.78, 5) is 7.80. The fourth-order valence-corrected chi connectivity index (χ4v) is 1.86. The van der Waals surface area contributed by atoms with Crippen LogP contribution in [0.3, 0.4) is 0 Å². The summed E-state index contributed by atoms with van der Waals surface area (Å²) in [5.41, 5.74) is 0. The van der Waals surface area contributed by atoms with Gasteiger partial charge < -0.3 is 4.74 Å². The Bertz CT molecular complexity index is 700. The summed E-state index contributed by atoms with van der Waals surface area (Å²) in [6, 6.07) is 15.5. The van der Waals surface area contributed by atoms with Crippen LogP contribution >= 0.6 is 11.6 Å². The van der Waals surface area contributed by atoms with Crippen molar-refractivity contribution in [2.24, 2.45) is 0 Å². The molecular weight excluding hydrogens is 248 g/mol. The van der Waals surface area contributed by atoms with Crippen LogP contribution in [0.4, 0.5) is 0 Å². The fraction of sp³-hybridized carbons (Fsp3) is 0. The summed E-state index contributed by atoms with van der Waals surface area (Å²) in [7, 11) is 0. The zero-order chi connectivity index (χ0) is 12.4. The van der Waals surface area contributed by atoms with Crippen LogP contribution < -0.4 is 4.74 Å². The largest absolute Gasteiger partial charge is 0.439 e. The van der Waals surface area contributed by atoms with Gasteiger partial charge in [-0.15, -0.1) is 0 Å². The first-order valence-corrected chi connectivity index (χ1v) is 5.83. The Morgan fingerprint density at radius 1 is 0.889 bits per heavy atom. The zero-order valence-corrected chi connectivity index (χ0v) is 10.1. The maximum absolute atomic E-state index is 5.78. The van der Waals surface area contributed by atoms with Crippen molar-refractivity contribution < 1.29 is 4.74 Å². The molecular formula is C14H9ClN2O. The van der Waals surface area contributed by atoms with E-state index in [9.17, 15) is 0 Å². The van der Waals surface area contributed by atoms with E-state index >= 15 is 0 Å². The van der Waals surface area contributed by atoms with Gasteiger partial charge in [0.05, 0.1) is 0 Å². The van der Waals surface area contributed by atoms with E-state index in [1.165, 1.54) is 11.7 Å². The van der Waals surface area contributed by atoms with Gasteiger partial charge in [-0.25, -0.2) is 9.97 Å². The molecule has 0 saturated carbocycles. The van der Waals surface area contributed by atoms with Crippen LogP contribution in [0.25, 0.3) is 10.8 Å². The van der Waals surface area contributed by atoms with Crippen molar-refractivity contribution in [2.75, 3.05) is 0 Å². The summed E-state index contributed by atoms with van der Waals surface area (Å²) >= 11 is 5.78. The molecule has 4 heteroatoms. The zero-order valence-electron chi connectivity index (χ0n) is 9.38. The van der Waals surface area contributed by atoms with E-state index in [-0.39, 0.29) is 0 Å². The molecule has 0 unspecified atom stereocenters. The number of halogens is 1. The van der Waals surface area contributed by atoms with E-state index < -0.39 is 0 Å². The molecule has 3 nitrogen and oxygen atoms in total. The third-order valence-electron chi connectivity index (χ3n) is 2.55. The van der Waals surface area contributed by atoms with Crippen LogP contribution in [0.2, 0.25) is 5.15 Å². The van der Waals surface area contributed by atoms with Gasteiger partial charge in [0.2, 0.25) is 5.88 Å². The number of hydrogen-bond acceptors (Lipinski definition) is 3. The molecule has 3 aromatic rings. The van der Waals surface area contributed by atoms with Crippen LogP contribution in [0, 0.1) is 0 Å². The monoisotopic (exact) mass is 256 g/mol. The van der Waals surface area contributed by atoms with Crippen LogP contribution in [-0.4, -0.2) is 9.97 Å². The minimum Gasteiger partial charge on any atom is -0.439 e.